The topological polar surface area (TPSA) is 94.9 Å². The van der Waals surface area contributed by atoms with Gasteiger partial charge in [-0.2, -0.15) is 5.26 Å². The van der Waals surface area contributed by atoms with Gasteiger partial charge in [0.25, 0.3) is 0 Å². The van der Waals surface area contributed by atoms with Gasteiger partial charge in [-0.25, -0.2) is 18.1 Å². The molecule has 0 saturated carbocycles. The average molecular weight is 268 g/mol. The first-order chi connectivity index (χ1) is 8.46. The molecular weight excluding hydrogens is 252 g/mol. The molecule has 2 N–H and O–H groups in total. The molecule has 0 bridgehead atoms. The van der Waals surface area contributed by atoms with Gasteiger partial charge < -0.3 is 5.32 Å². The number of nitriles is 1. The third kappa shape index (κ3) is 4.69. The Kier molecular flexibility index (Phi) is 5.07. The Bertz CT molecular complexity index is 549. The summed E-state index contributed by atoms with van der Waals surface area (Å²) in [6, 6.07) is 3.73. The second-order valence-corrected chi connectivity index (χ2v) is 5.62. The number of rotatable bonds is 6. The lowest BCUT2D eigenvalue weighted by Gasteiger charge is -2.10. The van der Waals surface area contributed by atoms with Crippen molar-refractivity contribution in [2.24, 2.45) is 0 Å². The van der Waals surface area contributed by atoms with E-state index in [-0.39, 0.29) is 6.54 Å². The van der Waals surface area contributed by atoms with Crippen molar-refractivity contribution in [3.63, 3.8) is 0 Å². The summed E-state index contributed by atoms with van der Waals surface area (Å²) in [7, 11) is -3.19. The SMILES string of the molecule is CCNc1ncc(C#N)cc1CCNS(C)(=O)=O. The molecule has 6 nitrogen and oxygen atoms in total. The molecule has 0 atom stereocenters. The van der Waals surface area contributed by atoms with Gasteiger partial charge in [0.2, 0.25) is 10.0 Å². The maximum atomic E-state index is 11.0. The zero-order chi connectivity index (χ0) is 13.6. The standard InChI is InChI=1S/C11H16N4O2S/c1-3-13-11-10(4-5-15-18(2,16)17)6-9(7-12)8-14-11/h6,8,15H,3-5H2,1-2H3,(H,13,14). The highest BCUT2D eigenvalue weighted by molar-refractivity contribution is 7.88. The normalized spacial score (nSPS) is 10.9. The Balaban J connectivity index is 2.81. The molecule has 0 aliphatic carbocycles. The zero-order valence-electron chi connectivity index (χ0n) is 10.4. The maximum absolute atomic E-state index is 11.0. The van der Waals surface area contributed by atoms with Gasteiger partial charge in [0.05, 0.1) is 11.8 Å². The van der Waals surface area contributed by atoms with Crippen LogP contribution in [0.15, 0.2) is 12.3 Å². The van der Waals surface area contributed by atoms with Crippen molar-refractivity contribution < 1.29 is 8.42 Å². The first kappa shape index (κ1) is 14.4. The molecular formula is C11H16N4O2S. The number of nitrogens with zero attached hydrogens (tertiary/aromatic N) is 2. The summed E-state index contributed by atoms with van der Waals surface area (Å²) in [5, 5.41) is 11.9. The van der Waals surface area contributed by atoms with Gasteiger partial charge in [0, 0.05) is 19.3 Å². The second-order valence-electron chi connectivity index (χ2n) is 3.79. The third-order valence-electron chi connectivity index (χ3n) is 2.20. The van der Waals surface area contributed by atoms with Crippen molar-refractivity contribution in [3.8, 4) is 6.07 Å². The summed E-state index contributed by atoms with van der Waals surface area (Å²) in [5.41, 5.74) is 1.29. The number of anilines is 1. The number of pyridine rings is 1. The van der Waals surface area contributed by atoms with Crippen molar-refractivity contribution in [1.82, 2.24) is 9.71 Å². The van der Waals surface area contributed by atoms with Crippen LogP contribution < -0.4 is 10.0 Å². The van der Waals surface area contributed by atoms with E-state index in [9.17, 15) is 8.42 Å². The minimum atomic E-state index is -3.19. The van der Waals surface area contributed by atoms with Crippen LogP contribution in [-0.4, -0.2) is 32.7 Å². The van der Waals surface area contributed by atoms with Crippen LogP contribution in [0.1, 0.15) is 18.1 Å². The molecule has 0 saturated heterocycles. The fourth-order valence-corrected chi connectivity index (χ4v) is 1.93. The molecule has 1 aromatic rings. The van der Waals surface area contributed by atoms with Crippen molar-refractivity contribution in [2.75, 3.05) is 24.7 Å². The summed E-state index contributed by atoms with van der Waals surface area (Å²) in [6.45, 7) is 2.94. The van der Waals surface area contributed by atoms with E-state index in [4.69, 9.17) is 5.26 Å². The molecule has 1 aromatic heterocycles. The lowest BCUT2D eigenvalue weighted by atomic mass is 10.1. The molecule has 0 aliphatic rings. The monoisotopic (exact) mass is 268 g/mol. The van der Waals surface area contributed by atoms with Crippen LogP contribution in [0, 0.1) is 11.3 Å². The summed E-state index contributed by atoms with van der Waals surface area (Å²) >= 11 is 0. The van der Waals surface area contributed by atoms with Crippen LogP contribution in [0.25, 0.3) is 0 Å². The molecule has 0 radical (unpaired) electrons. The van der Waals surface area contributed by atoms with E-state index in [0.29, 0.717) is 24.3 Å². The average Bonchev–Trinajstić information content (AvgIpc) is 2.30. The number of hydrogen-bond donors (Lipinski definition) is 2. The molecule has 0 aromatic carbocycles. The Morgan fingerprint density at radius 2 is 2.22 bits per heavy atom. The highest BCUT2D eigenvalue weighted by Gasteiger charge is 2.06. The minimum Gasteiger partial charge on any atom is -0.370 e. The maximum Gasteiger partial charge on any atom is 0.208 e. The fraction of sp³-hybridized carbons (Fsp3) is 0.455. The van der Waals surface area contributed by atoms with Crippen LogP contribution >= 0.6 is 0 Å². The van der Waals surface area contributed by atoms with Crippen molar-refractivity contribution >= 4 is 15.8 Å². The smallest absolute Gasteiger partial charge is 0.208 e. The number of nitrogens with one attached hydrogen (secondary N) is 2. The Morgan fingerprint density at radius 3 is 2.78 bits per heavy atom. The van der Waals surface area contributed by atoms with Gasteiger partial charge in [-0.05, 0) is 25.0 Å². The van der Waals surface area contributed by atoms with Gasteiger partial charge >= 0.3 is 0 Å². The molecule has 0 spiro atoms. The first-order valence-electron chi connectivity index (χ1n) is 5.53. The fourth-order valence-electron chi connectivity index (χ4n) is 1.46. The van der Waals surface area contributed by atoms with E-state index in [1.165, 1.54) is 6.20 Å². The predicted octanol–water partition coefficient (Wildman–Crippen LogP) is 0.477. The molecule has 18 heavy (non-hydrogen) atoms. The minimum absolute atomic E-state index is 0.286. The predicted molar refractivity (Wildman–Crippen MR) is 69.7 cm³/mol. The highest BCUT2D eigenvalue weighted by Crippen LogP contribution is 2.14. The molecule has 1 heterocycles. The van der Waals surface area contributed by atoms with Crippen molar-refractivity contribution in [1.29, 1.82) is 5.26 Å². The Hall–Kier alpha value is -1.65. The lowest BCUT2D eigenvalue weighted by Crippen LogP contribution is -2.24. The van der Waals surface area contributed by atoms with Crippen LogP contribution in [0.2, 0.25) is 0 Å². The largest absolute Gasteiger partial charge is 0.370 e. The van der Waals surface area contributed by atoms with Gasteiger partial charge in [-0.3, -0.25) is 0 Å². The van der Waals surface area contributed by atoms with E-state index in [0.717, 1.165) is 11.8 Å². The van der Waals surface area contributed by atoms with Gasteiger partial charge in [0.15, 0.2) is 0 Å². The first-order valence-corrected chi connectivity index (χ1v) is 7.43. The molecule has 7 heteroatoms. The van der Waals surface area contributed by atoms with Gasteiger partial charge in [0.1, 0.15) is 11.9 Å². The summed E-state index contributed by atoms with van der Waals surface area (Å²) in [5.74, 6) is 0.687. The van der Waals surface area contributed by atoms with E-state index >= 15 is 0 Å². The molecule has 98 valence electrons. The lowest BCUT2D eigenvalue weighted by molar-refractivity contribution is 0.588. The zero-order valence-corrected chi connectivity index (χ0v) is 11.2. The molecule has 1 rings (SSSR count). The number of aromatic nitrogens is 1. The molecule has 0 amide bonds. The second kappa shape index (κ2) is 6.33. The van der Waals surface area contributed by atoms with Crippen molar-refractivity contribution in [2.45, 2.75) is 13.3 Å². The summed E-state index contributed by atoms with van der Waals surface area (Å²) in [6.07, 6.45) is 3.09. The highest BCUT2D eigenvalue weighted by atomic mass is 32.2. The van der Waals surface area contributed by atoms with E-state index in [2.05, 4.69) is 15.0 Å². The van der Waals surface area contributed by atoms with Gasteiger partial charge in [-0.1, -0.05) is 0 Å². The Morgan fingerprint density at radius 1 is 1.50 bits per heavy atom. The molecule has 0 aliphatic heterocycles. The van der Waals surface area contributed by atoms with Crippen LogP contribution in [0.4, 0.5) is 5.82 Å². The molecule has 0 fully saturated rings. The van der Waals surface area contributed by atoms with Crippen LogP contribution in [0.3, 0.4) is 0 Å². The summed E-state index contributed by atoms with van der Waals surface area (Å²) in [4.78, 5) is 4.14. The third-order valence-corrected chi connectivity index (χ3v) is 2.93. The van der Waals surface area contributed by atoms with E-state index in [1.54, 1.807) is 6.07 Å². The Labute approximate surface area is 107 Å². The summed E-state index contributed by atoms with van der Waals surface area (Å²) < 4.78 is 24.3. The molecule has 0 unspecified atom stereocenters. The van der Waals surface area contributed by atoms with Crippen LogP contribution in [-0.2, 0) is 16.4 Å². The van der Waals surface area contributed by atoms with Gasteiger partial charge in [-0.15, -0.1) is 0 Å². The quantitative estimate of drug-likeness (QED) is 0.782. The number of hydrogen-bond acceptors (Lipinski definition) is 5. The number of sulfonamides is 1. The van der Waals surface area contributed by atoms with E-state index < -0.39 is 10.0 Å². The van der Waals surface area contributed by atoms with Crippen LogP contribution in [0.5, 0.6) is 0 Å². The van der Waals surface area contributed by atoms with Crippen molar-refractivity contribution in [3.05, 3.63) is 23.4 Å². The van der Waals surface area contributed by atoms with E-state index in [1.807, 2.05) is 13.0 Å².